The molecule has 0 radical (unpaired) electrons. The second-order valence-corrected chi connectivity index (χ2v) is 5.32. The van der Waals surface area contributed by atoms with E-state index in [1.807, 2.05) is 26.0 Å². The third-order valence-corrected chi connectivity index (χ3v) is 3.98. The smallest absolute Gasteiger partial charge is 0.227 e. The normalized spacial score (nSPS) is 16.3. The molecular weight excluding hydrogens is 276 g/mol. The zero-order valence-corrected chi connectivity index (χ0v) is 12.4. The maximum Gasteiger partial charge on any atom is 0.227 e. The third kappa shape index (κ3) is 2.64. The maximum atomic E-state index is 12.2. The molecule has 1 aromatic heterocycles. The maximum absolute atomic E-state index is 12.2. The zero-order chi connectivity index (χ0) is 13.4. The van der Waals surface area contributed by atoms with Crippen molar-refractivity contribution in [1.29, 1.82) is 0 Å². The molecular formula is C14H19ClN4O. The van der Waals surface area contributed by atoms with Gasteiger partial charge in [-0.3, -0.25) is 9.89 Å². The van der Waals surface area contributed by atoms with Crippen LogP contribution in [-0.2, 0) is 4.79 Å². The molecule has 1 aromatic carbocycles. The van der Waals surface area contributed by atoms with E-state index in [-0.39, 0.29) is 24.2 Å². The van der Waals surface area contributed by atoms with Crippen molar-refractivity contribution >= 4 is 34.9 Å². The topological polar surface area (TPSA) is 69.8 Å². The zero-order valence-electron chi connectivity index (χ0n) is 11.6. The van der Waals surface area contributed by atoms with Crippen LogP contribution in [0.25, 0.3) is 10.9 Å². The van der Waals surface area contributed by atoms with Crippen LogP contribution in [0.2, 0.25) is 0 Å². The molecule has 0 bridgehead atoms. The summed E-state index contributed by atoms with van der Waals surface area (Å²) in [4.78, 5) is 12.2. The highest BCUT2D eigenvalue weighted by molar-refractivity contribution is 5.96. The number of hydrogen-bond acceptors (Lipinski definition) is 3. The molecule has 1 fully saturated rings. The van der Waals surface area contributed by atoms with Crippen molar-refractivity contribution in [3.05, 3.63) is 23.9 Å². The molecule has 1 aliphatic rings. The molecule has 108 valence electrons. The van der Waals surface area contributed by atoms with Crippen LogP contribution < -0.4 is 10.6 Å². The van der Waals surface area contributed by atoms with Gasteiger partial charge in [0.1, 0.15) is 0 Å². The number of nitrogens with one attached hydrogen (secondary N) is 3. The first-order valence-electron chi connectivity index (χ1n) is 6.60. The number of halogens is 1. The van der Waals surface area contributed by atoms with Gasteiger partial charge in [-0.25, -0.2) is 0 Å². The highest BCUT2D eigenvalue weighted by atomic mass is 35.5. The van der Waals surface area contributed by atoms with Crippen molar-refractivity contribution in [2.24, 2.45) is 11.8 Å². The predicted octanol–water partition coefficient (Wildman–Crippen LogP) is 2.09. The van der Waals surface area contributed by atoms with Gasteiger partial charge in [-0.15, -0.1) is 12.4 Å². The number of nitrogens with zero attached hydrogens (tertiary/aromatic N) is 1. The van der Waals surface area contributed by atoms with Gasteiger partial charge in [0.2, 0.25) is 5.91 Å². The Bertz CT molecular complexity index is 621. The van der Waals surface area contributed by atoms with E-state index in [0.717, 1.165) is 35.2 Å². The molecule has 1 aliphatic heterocycles. The number of aromatic amines is 1. The van der Waals surface area contributed by atoms with Crippen LogP contribution in [0.3, 0.4) is 0 Å². The van der Waals surface area contributed by atoms with Crippen LogP contribution in [0.1, 0.15) is 12.5 Å². The van der Waals surface area contributed by atoms with Gasteiger partial charge in [0.05, 0.1) is 11.7 Å². The number of carbonyl (C=O) groups is 1. The van der Waals surface area contributed by atoms with E-state index >= 15 is 0 Å². The summed E-state index contributed by atoms with van der Waals surface area (Å²) >= 11 is 0. The highest BCUT2D eigenvalue weighted by Gasteiger charge is 2.28. The molecule has 5 nitrogen and oxygen atoms in total. The van der Waals surface area contributed by atoms with Gasteiger partial charge in [-0.2, -0.15) is 5.10 Å². The molecule has 1 saturated heterocycles. The number of aryl methyl sites for hydroxylation is 1. The number of amides is 1. The number of benzene rings is 1. The number of anilines is 1. The lowest BCUT2D eigenvalue weighted by molar-refractivity contribution is -0.121. The van der Waals surface area contributed by atoms with Gasteiger partial charge in [-0.05, 0) is 43.6 Å². The lowest BCUT2D eigenvalue weighted by Crippen LogP contribution is -2.48. The van der Waals surface area contributed by atoms with E-state index in [2.05, 4.69) is 20.8 Å². The highest BCUT2D eigenvalue weighted by Crippen LogP contribution is 2.24. The minimum Gasteiger partial charge on any atom is -0.326 e. The second kappa shape index (κ2) is 5.81. The van der Waals surface area contributed by atoms with Crippen molar-refractivity contribution in [1.82, 2.24) is 15.5 Å². The van der Waals surface area contributed by atoms with Crippen molar-refractivity contribution in [2.75, 3.05) is 18.4 Å². The average Bonchev–Trinajstić information content (AvgIpc) is 2.74. The first-order valence-corrected chi connectivity index (χ1v) is 6.60. The number of rotatable bonds is 3. The van der Waals surface area contributed by atoms with E-state index < -0.39 is 0 Å². The lowest BCUT2D eigenvalue weighted by atomic mass is 9.88. The molecule has 20 heavy (non-hydrogen) atoms. The van der Waals surface area contributed by atoms with Crippen LogP contribution in [0.5, 0.6) is 0 Å². The van der Waals surface area contributed by atoms with Gasteiger partial charge in [0.15, 0.2) is 0 Å². The average molecular weight is 295 g/mol. The van der Waals surface area contributed by atoms with Crippen LogP contribution in [0.15, 0.2) is 18.3 Å². The Labute approximate surface area is 123 Å². The van der Waals surface area contributed by atoms with E-state index in [4.69, 9.17) is 0 Å². The van der Waals surface area contributed by atoms with Crippen molar-refractivity contribution in [3.8, 4) is 0 Å². The summed E-state index contributed by atoms with van der Waals surface area (Å²) < 4.78 is 0. The quantitative estimate of drug-likeness (QED) is 0.812. The van der Waals surface area contributed by atoms with Gasteiger partial charge < -0.3 is 10.6 Å². The number of carbonyl (C=O) groups excluding carboxylic acids is 1. The van der Waals surface area contributed by atoms with Crippen LogP contribution in [-0.4, -0.2) is 29.2 Å². The fourth-order valence-electron chi connectivity index (χ4n) is 2.37. The minimum absolute atomic E-state index is 0. The molecule has 1 unspecified atom stereocenters. The Morgan fingerprint density at radius 1 is 1.45 bits per heavy atom. The van der Waals surface area contributed by atoms with Crippen LogP contribution >= 0.6 is 12.4 Å². The Balaban J connectivity index is 0.00000147. The molecule has 3 rings (SSSR count). The molecule has 3 N–H and O–H groups in total. The molecule has 0 saturated carbocycles. The van der Waals surface area contributed by atoms with Crippen molar-refractivity contribution < 1.29 is 4.79 Å². The standard InChI is InChI=1S/C14H18N4O.ClH/c1-8-3-10-7-16-18-13(10)4-12(8)17-14(19)9(2)11-5-15-6-11;/h3-4,7,9,11,15H,5-6H2,1-2H3,(H,16,18)(H,17,19);1H. The molecule has 0 spiro atoms. The Morgan fingerprint density at radius 2 is 2.20 bits per heavy atom. The Hall–Kier alpha value is -1.59. The van der Waals surface area contributed by atoms with Gasteiger partial charge in [0.25, 0.3) is 0 Å². The summed E-state index contributed by atoms with van der Waals surface area (Å²) in [6.45, 7) is 5.86. The first kappa shape index (κ1) is 14.8. The second-order valence-electron chi connectivity index (χ2n) is 5.32. The van der Waals surface area contributed by atoms with Gasteiger partial charge >= 0.3 is 0 Å². The summed E-state index contributed by atoms with van der Waals surface area (Å²) in [5, 5.41) is 14.2. The van der Waals surface area contributed by atoms with Crippen molar-refractivity contribution in [2.45, 2.75) is 13.8 Å². The Morgan fingerprint density at radius 3 is 2.85 bits per heavy atom. The minimum atomic E-state index is 0. The summed E-state index contributed by atoms with van der Waals surface area (Å²) in [7, 11) is 0. The van der Waals surface area contributed by atoms with E-state index in [0.29, 0.717) is 5.92 Å². The number of aromatic nitrogens is 2. The largest absolute Gasteiger partial charge is 0.326 e. The van der Waals surface area contributed by atoms with Gasteiger partial charge in [-0.1, -0.05) is 6.92 Å². The molecule has 0 aliphatic carbocycles. The lowest BCUT2D eigenvalue weighted by Gasteiger charge is -2.31. The van der Waals surface area contributed by atoms with Crippen LogP contribution in [0.4, 0.5) is 5.69 Å². The summed E-state index contributed by atoms with van der Waals surface area (Å²) in [6.07, 6.45) is 1.79. The predicted molar refractivity (Wildman–Crippen MR) is 82.2 cm³/mol. The molecule has 6 heteroatoms. The molecule has 1 atom stereocenters. The Kier molecular flexibility index (Phi) is 4.30. The van der Waals surface area contributed by atoms with E-state index in [9.17, 15) is 4.79 Å². The van der Waals surface area contributed by atoms with Crippen LogP contribution in [0, 0.1) is 18.8 Å². The van der Waals surface area contributed by atoms with E-state index in [1.165, 1.54) is 0 Å². The number of H-pyrrole nitrogens is 1. The fraction of sp³-hybridized carbons (Fsp3) is 0.429. The molecule has 1 amide bonds. The monoisotopic (exact) mass is 294 g/mol. The first-order chi connectivity index (χ1) is 9.15. The SMILES string of the molecule is Cc1cc2cn[nH]c2cc1NC(=O)C(C)C1CNC1.Cl. The summed E-state index contributed by atoms with van der Waals surface area (Å²) in [5.41, 5.74) is 2.86. The van der Waals surface area contributed by atoms with E-state index in [1.54, 1.807) is 6.20 Å². The number of fused-ring (bicyclic) bond motifs is 1. The third-order valence-electron chi connectivity index (χ3n) is 3.98. The molecule has 2 aromatic rings. The van der Waals surface area contributed by atoms with Crippen molar-refractivity contribution in [3.63, 3.8) is 0 Å². The summed E-state index contributed by atoms with van der Waals surface area (Å²) in [5.74, 6) is 0.586. The molecule has 2 heterocycles. The fourth-order valence-corrected chi connectivity index (χ4v) is 2.37. The summed E-state index contributed by atoms with van der Waals surface area (Å²) in [6, 6.07) is 3.98. The number of hydrogen-bond donors (Lipinski definition) is 3. The van der Waals surface area contributed by atoms with Gasteiger partial charge in [0, 0.05) is 17.0 Å².